The molecule has 128 valence electrons. The van der Waals surface area contributed by atoms with Crippen LogP contribution >= 0.6 is 0 Å². The molecule has 0 fully saturated rings. The zero-order chi connectivity index (χ0) is 17.4. The Bertz CT molecular complexity index is 943. The first-order valence-corrected chi connectivity index (χ1v) is 8.06. The number of hydrogen-bond acceptors (Lipinski definition) is 6. The van der Waals surface area contributed by atoms with E-state index in [1.165, 1.54) is 5.56 Å². The summed E-state index contributed by atoms with van der Waals surface area (Å²) in [6, 6.07) is 9.97. The second kappa shape index (κ2) is 6.12. The van der Waals surface area contributed by atoms with Crippen molar-refractivity contribution >= 4 is 22.4 Å². The number of aromatic nitrogens is 2. The van der Waals surface area contributed by atoms with E-state index in [9.17, 15) is 0 Å². The number of anilines is 2. The average molecular weight is 337 g/mol. The molecule has 0 aliphatic carbocycles. The van der Waals surface area contributed by atoms with Crippen LogP contribution in [0.25, 0.3) is 10.9 Å². The van der Waals surface area contributed by atoms with Crippen molar-refractivity contribution in [1.29, 1.82) is 0 Å². The van der Waals surface area contributed by atoms with E-state index in [-0.39, 0.29) is 0 Å². The van der Waals surface area contributed by atoms with Crippen LogP contribution in [0.2, 0.25) is 0 Å². The van der Waals surface area contributed by atoms with Crippen LogP contribution in [0.1, 0.15) is 5.56 Å². The molecule has 1 aliphatic rings. The van der Waals surface area contributed by atoms with Crippen LogP contribution in [0.5, 0.6) is 17.2 Å². The predicted octanol–water partition coefficient (Wildman–Crippen LogP) is 3.35. The molecule has 6 heteroatoms. The first-order chi connectivity index (χ1) is 12.2. The van der Waals surface area contributed by atoms with Crippen molar-refractivity contribution in [3.8, 4) is 17.2 Å². The highest BCUT2D eigenvalue weighted by atomic mass is 16.5. The first-order valence-electron chi connectivity index (χ1n) is 8.06. The Balaban J connectivity index is 1.89. The summed E-state index contributed by atoms with van der Waals surface area (Å²) < 4.78 is 16.2. The van der Waals surface area contributed by atoms with E-state index >= 15 is 0 Å². The maximum Gasteiger partial charge on any atom is 0.162 e. The number of hydrogen-bond donors (Lipinski definition) is 0. The highest BCUT2D eigenvalue weighted by molar-refractivity contribution is 5.94. The monoisotopic (exact) mass is 337 g/mol. The minimum Gasteiger partial charge on any atom is -0.497 e. The lowest BCUT2D eigenvalue weighted by molar-refractivity contribution is 0.356. The summed E-state index contributed by atoms with van der Waals surface area (Å²) in [4.78, 5) is 11.1. The summed E-state index contributed by atoms with van der Waals surface area (Å²) in [5.74, 6) is 3.01. The molecule has 0 saturated heterocycles. The second-order valence-corrected chi connectivity index (χ2v) is 5.82. The molecule has 6 nitrogen and oxygen atoms in total. The van der Waals surface area contributed by atoms with Gasteiger partial charge in [0.2, 0.25) is 0 Å². The van der Waals surface area contributed by atoms with Crippen LogP contribution in [-0.2, 0) is 6.42 Å². The molecular formula is C19H19N3O3. The fourth-order valence-corrected chi connectivity index (χ4v) is 3.29. The third-order valence-corrected chi connectivity index (χ3v) is 4.56. The molecule has 0 bridgehead atoms. The van der Waals surface area contributed by atoms with Crippen molar-refractivity contribution in [3.05, 3.63) is 42.2 Å². The molecule has 0 atom stereocenters. The van der Waals surface area contributed by atoms with E-state index < -0.39 is 0 Å². The van der Waals surface area contributed by atoms with Crippen LogP contribution in [-0.4, -0.2) is 37.8 Å². The molecule has 3 aromatic rings. The Morgan fingerprint density at radius 1 is 0.920 bits per heavy atom. The molecule has 0 radical (unpaired) electrons. The van der Waals surface area contributed by atoms with Gasteiger partial charge in [-0.15, -0.1) is 0 Å². The van der Waals surface area contributed by atoms with Crippen molar-refractivity contribution < 1.29 is 14.2 Å². The van der Waals surface area contributed by atoms with Crippen LogP contribution in [0.4, 0.5) is 11.5 Å². The molecule has 0 spiro atoms. The minimum absolute atomic E-state index is 0.656. The van der Waals surface area contributed by atoms with Crippen molar-refractivity contribution in [2.24, 2.45) is 0 Å². The van der Waals surface area contributed by atoms with Gasteiger partial charge in [-0.25, -0.2) is 9.97 Å². The number of rotatable bonds is 4. The Morgan fingerprint density at radius 3 is 2.48 bits per heavy atom. The topological polar surface area (TPSA) is 56.7 Å². The summed E-state index contributed by atoms with van der Waals surface area (Å²) in [7, 11) is 4.93. The Hall–Kier alpha value is -3.02. The lowest BCUT2D eigenvalue weighted by atomic mass is 10.1. The van der Waals surface area contributed by atoms with Crippen molar-refractivity contribution in [2.45, 2.75) is 6.42 Å². The Morgan fingerprint density at radius 2 is 1.72 bits per heavy atom. The quantitative estimate of drug-likeness (QED) is 0.728. The first kappa shape index (κ1) is 15.5. The molecule has 25 heavy (non-hydrogen) atoms. The molecule has 0 unspecified atom stereocenters. The summed E-state index contributed by atoms with van der Waals surface area (Å²) >= 11 is 0. The summed E-state index contributed by atoms with van der Waals surface area (Å²) in [6.45, 7) is 0.864. The Labute approximate surface area is 146 Å². The normalized spacial score (nSPS) is 13.0. The van der Waals surface area contributed by atoms with Gasteiger partial charge in [-0.2, -0.15) is 0 Å². The number of fused-ring (bicyclic) bond motifs is 2. The molecule has 0 saturated carbocycles. The standard InChI is InChI=1S/C19H19N3O3/c1-23-13-5-4-12-6-7-22(16(12)8-13)19-14-9-17(24-2)18(25-3)10-15(14)20-11-21-19/h4-5,8-11H,6-7H2,1-3H3. The van der Waals surface area contributed by atoms with E-state index in [0.717, 1.165) is 41.1 Å². The largest absolute Gasteiger partial charge is 0.497 e. The zero-order valence-electron chi connectivity index (χ0n) is 14.4. The number of nitrogens with zero attached hydrogens (tertiary/aromatic N) is 3. The van der Waals surface area contributed by atoms with E-state index in [1.807, 2.05) is 18.2 Å². The lowest BCUT2D eigenvalue weighted by Crippen LogP contribution is -2.15. The van der Waals surface area contributed by atoms with Gasteiger partial charge >= 0.3 is 0 Å². The maximum atomic E-state index is 5.45. The van der Waals surface area contributed by atoms with Crippen LogP contribution in [0.15, 0.2) is 36.7 Å². The number of methoxy groups -OCH3 is 3. The lowest BCUT2D eigenvalue weighted by Gasteiger charge is -2.21. The van der Waals surface area contributed by atoms with Crippen molar-refractivity contribution in [2.75, 3.05) is 32.8 Å². The fraction of sp³-hybridized carbons (Fsp3) is 0.263. The molecule has 2 aromatic carbocycles. The third-order valence-electron chi connectivity index (χ3n) is 4.56. The van der Waals surface area contributed by atoms with Gasteiger partial charge in [0.05, 0.1) is 26.8 Å². The number of ether oxygens (including phenoxy) is 3. The fourth-order valence-electron chi connectivity index (χ4n) is 3.29. The van der Waals surface area contributed by atoms with E-state index in [4.69, 9.17) is 14.2 Å². The molecule has 2 heterocycles. The van der Waals surface area contributed by atoms with Gasteiger partial charge in [0, 0.05) is 29.8 Å². The smallest absolute Gasteiger partial charge is 0.162 e. The zero-order valence-corrected chi connectivity index (χ0v) is 14.4. The van der Waals surface area contributed by atoms with Gasteiger partial charge in [0.1, 0.15) is 17.9 Å². The van der Waals surface area contributed by atoms with Crippen LogP contribution < -0.4 is 19.1 Å². The summed E-state index contributed by atoms with van der Waals surface area (Å²) in [5, 5.41) is 0.927. The second-order valence-electron chi connectivity index (χ2n) is 5.82. The highest BCUT2D eigenvalue weighted by Crippen LogP contribution is 2.40. The van der Waals surface area contributed by atoms with E-state index in [0.29, 0.717) is 11.5 Å². The Kier molecular flexibility index (Phi) is 3.80. The molecule has 1 aliphatic heterocycles. The van der Waals surface area contributed by atoms with Crippen LogP contribution in [0.3, 0.4) is 0 Å². The van der Waals surface area contributed by atoms with Gasteiger partial charge < -0.3 is 19.1 Å². The molecular weight excluding hydrogens is 318 g/mol. The van der Waals surface area contributed by atoms with Crippen molar-refractivity contribution in [1.82, 2.24) is 9.97 Å². The number of benzene rings is 2. The van der Waals surface area contributed by atoms with Gasteiger partial charge in [0.25, 0.3) is 0 Å². The molecule has 0 N–H and O–H groups in total. The van der Waals surface area contributed by atoms with Crippen molar-refractivity contribution in [3.63, 3.8) is 0 Å². The van der Waals surface area contributed by atoms with Crippen LogP contribution in [0, 0.1) is 0 Å². The summed E-state index contributed by atoms with van der Waals surface area (Å²) in [5.41, 5.74) is 3.22. The van der Waals surface area contributed by atoms with Gasteiger partial charge in [0.15, 0.2) is 11.5 Å². The average Bonchev–Trinajstić information content (AvgIpc) is 3.09. The molecule has 0 amide bonds. The van der Waals surface area contributed by atoms with Gasteiger partial charge in [-0.05, 0) is 24.1 Å². The van der Waals surface area contributed by atoms with E-state index in [2.05, 4.69) is 27.0 Å². The SMILES string of the molecule is COc1ccc2c(c1)N(c1ncnc3cc(OC)c(OC)cc13)CC2. The minimum atomic E-state index is 0.656. The molecule has 4 rings (SSSR count). The van der Waals surface area contributed by atoms with Gasteiger partial charge in [-0.3, -0.25) is 0 Å². The van der Waals surface area contributed by atoms with Gasteiger partial charge in [-0.1, -0.05) is 6.07 Å². The molecule has 1 aromatic heterocycles. The third kappa shape index (κ3) is 2.50. The predicted molar refractivity (Wildman–Crippen MR) is 96.3 cm³/mol. The maximum absolute atomic E-state index is 5.45. The summed E-state index contributed by atoms with van der Waals surface area (Å²) in [6.07, 6.45) is 2.56. The highest BCUT2D eigenvalue weighted by Gasteiger charge is 2.24. The van der Waals surface area contributed by atoms with E-state index in [1.54, 1.807) is 27.7 Å².